The summed E-state index contributed by atoms with van der Waals surface area (Å²) in [4.78, 5) is 10.7. The van der Waals surface area contributed by atoms with E-state index in [2.05, 4.69) is 14.9 Å². The number of sulfonamides is 1. The molecule has 0 spiro atoms. The van der Waals surface area contributed by atoms with Crippen molar-refractivity contribution in [3.63, 3.8) is 0 Å². The maximum Gasteiger partial charge on any atom is 0.218 e. The first-order valence-electron chi connectivity index (χ1n) is 7.17. The molecule has 0 unspecified atom stereocenters. The molecule has 1 aliphatic heterocycles. The Morgan fingerprint density at radius 2 is 1.86 bits per heavy atom. The monoisotopic (exact) mass is 314 g/mol. The van der Waals surface area contributed by atoms with Crippen molar-refractivity contribution in [1.82, 2.24) is 14.3 Å². The predicted molar refractivity (Wildman–Crippen MR) is 81.2 cm³/mol. The van der Waals surface area contributed by atoms with Crippen LogP contribution in [0.3, 0.4) is 0 Å². The van der Waals surface area contributed by atoms with Gasteiger partial charge in [0.25, 0.3) is 0 Å². The van der Waals surface area contributed by atoms with E-state index in [0.717, 1.165) is 5.82 Å². The number of piperazine rings is 1. The standard InChI is InChI=1S/C13H22N4O3S/c1-4-20-13-10-12(14-11(3)15-13)16-6-8-17(9-7-16)21(18,19)5-2/h10H,4-9H2,1-3H3. The lowest BCUT2D eigenvalue weighted by Gasteiger charge is -2.34. The van der Waals surface area contributed by atoms with Crippen LogP contribution in [0.25, 0.3) is 0 Å². The molecule has 1 aliphatic rings. The maximum atomic E-state index is 11.9. The molecule has 1 fully saturated rings. The van der Waals surface area contributed by atoms with Gasteiger partial charge in [0.15, 0.2) is 0 Å². The van der Waals surface area contributed by atoms with Crippen molar-refractivity contribution in [2.24, 2.45) is 0 Å². The van der Waals surface area contributed by atoms with Crippen molar-refractivity contribution in [3.8, 4) is 5.88 Å². The van der Waals surface area contributed by atoms with Gasteiger partial charge >= 0.3 is 0 Å². The van der Waals surface area contributed by atoms with E-state index >= 15 is 0 Å². The van der Waals surface area contributed by atoms with Gasteiger partial charge in [0.05, 0.1) is 12.4 Å². The second kappa shape index (κ2) is 6.57. The highest BCUT2D eigenvalue weighted by atomic mass is 32.2. The molecule has 2 rings (SSSR count). The number of rotatable bonds is 5. The summed E-state index contributed by atoms with van der Waals surface area (Å²) in [5, 5.41) is 0. The maximum absolute atomic E-state index is 11.9. The van der Waals surface area contributed by atoms with E-state index in [-0.39, 0.29) is 5.75 Å². The first kappa shape index (κ1) is 16.0. The van der Waals surface area contributed by atoms with Gasteiger partial charge in [-0.1, -0.05) is 0 Å². The largest absolute Gasteiger partial charge is 0.478 e. The predicted octanol–water partition coefficient (Wildman–Crippen LogP) is 0.655. The summed E-state index contributed by atoms with van der Waals surface area (Å²) in [7, 11) is -3.10. The van der Waals surface area contributed by atoms with Crippen LogP contribution in [0.4, 0.5) is 5.82 Å². The fraction of sp³-hybridized carbons (Fsp3) is 0.692. The average molecular weight is 314 g/mol. The van der Waals surface area contributed by atoms with Gasteiger partial charge in [-0.3, -0.25) is 0 Å². The Bertz CT molecular complexity index is 583. The highest BCUT2D eigenvalue weighted by Gasteiger charge is 2.26. The van der Waals surface area contributed by atoms with E-state index in [9.17, 15) is 8.42 Å². The van der Waals surface area contributed by atoms with Gasteiger partial charge < -0.3 is 9.64 Å². The number of hydrogen-bond acceptors (Lipinski definition) is 6. The Labute approximate surface area is 126 Å². The lowest BCUT2D eigenvalue weighted by molar-refractivity contribution is 0.325. The highest BCUT2D eigenvalue weighted by Crippen LogP contribution is 2.20. The lowest BCUT2D eigenvalue weighted by Crippen LogP contribution is -2.49. The van der Waals surface area contributed by atoms with Crippen LogP contribution in [0.1, 0.15) is 19.7 Å². The summed E-state index contributed by atoms with van der Waals surface area (Å²) in [6.45, 7) is 8.19. The number of anilines is 1. The molecule has 0 atom stereocenters. The molecule has 1 saturated heterocycles. The zero-order valence-electron chi connectivity index (χ0n) is 12.7. The van der Waals surface area contributed by atoms with Crippen molar-refractivity contribution in [1.29, 1.82) is 0 Å². The van der Waals surface area contributed by atoms with E-state index in [1.165, 1.54) is 0 Å². The molecule has 1 aromatic rings. The number of hydrogen-bond donors (Lipinski definition) is 0. The van der Waals surface area contributed by atoms with Crippen LogP contribution < -0.4 is 9.64 Å². The molecule has 0 amide bonds. The summed E-state index contributed by atoms with van der Waals surface area (Å²) in [5.74, 6) is 2.15. The highest BCUT2D eigenvalue weighted by molar-refractivity contribution is 7.89. The van der Waals surface area contributed by atoms with Gasteiger partial charge in [-0.2, -0.15) is 9.29 Å². The van der Waals surface area contributed by atoms with Crippen molar-refractivity contribution in [2.45, 2.75) is 20.8 Å². The Morgan fingerprint density at radius 3 is 2.43 bits per heavy atom. The fourth-order valence-electron chi connectivity index (χ4n) is 2.29. The van der Waals surface area contributed by atoms with E-state index in [4.69, 9.17) is 4.74 Å². The summed E-state index contributed by atoms with van der Waals surface area (Å²) in [6, 6.07) is 1.81. The minimum absolute atomic E-state index is 0.147. The topological polar surface area (TPSA) is 75.6 Å². The molecular formula is C13H22N4O3S. The summed E-state index contributed by atoms with van der Waals surface area (Å²) >= 11 is 0. The third-order valence-electron chi connectivity index (χ3n) is 3.41. The van der Waals surface area contributed by atoms with Gasteiger partial charge in [0, 0.05) is 32.2 Å². The second-order valence-corrected chi connectivity index (χ2v) is 7.09. The molecular weight excluding hydrogens is 292 g/mol. The van der Waals surface area contributed by atoms with Crippen LogP contribution in [0.2, 0.25) is 0 Å². The molecule has 0 aliphatic carbocycles. The van der Waals surface area contributed by atoms with Crippen molar-refractivity contribution in [3.05, 3.63) is 11.9 Å². The molecule has 0 bridgehead atoms. The smallest absolute Gasteiger partial charge is 0.218 e. The van der Waals surface area contributed by atoms with Crippen molar-refractivity contribution >= 4 is 15.8 Å². The lowest BCUT2D eigenvalue weighted by atomic mass is 10.3. The molecule has 0 N–H and O–H groups in total. The molecule has 2 heterocycles. The summed E-state index contributed by atoms with van der Waals surface area (Å²) < 4.78 is 30.7. The third-order valence-corrected chi connectivity index (χ3v) is 5.30. The first-order valence-corrected chi connectivity index (χ1v) is 8.78. The van der Waals surface area contributed by atoms with Crippen LogP contribution in [-0.2, 0) is 10.0 Å². The Kier molecular flexibility index (Phi) is 5.00. The van der Waals surface area contributed by atoms with Crippen LogP contribution in [0.5, 0.6) is 5.88 Å². The Hall–Kier alpha value is -1.41. The van der Waals surface area contributed by atoms with Crippen LogP contribution in [0.15, 0.2) is 6.07 Å². The van der Waals surface area contributed by atoms with Crippen LogP contribution >= 0.6 is 0 Å². The molecule has 0 saturated carbocycles. The SMILES string of the molecule is CCOc1cc(N2CCN(S(=O)(=O)CC)CC2)nc(C)n1. The summed E-state index contributed by atoms with van der Waals surface area (Å²) in [6.07, 6.45) is 0. The van der Waals surface area contributed by atoms with Gasteiger partial charge in [0.1, 0.15) is 11.6 Å². The van der Waals surface area contributed by atoms with E-state index < -0.39 is 10.0 Å². The molecule has 1 aromatic heterocycles. The molecule has 21 heavy (non-hydrogen) atoms. The van der Waals surface area contributed by atoms with E-state index in [0.29, 0.717) is 44.5 Å². The van der Waals surface area contributed by atoms with Crippen molar-refractivity contribution in [2.75, 3.05) is 43.4 Å². The quantitative estimate of drug-likeness (QED) is 0.794. The second-order valence-electron chi connectivity index (χ2n) is 4.83. The van der Waals surface area contributed by atoms with Crippen LogP contribution in [0, 0.1) is 6.92 Å². The number of aryl methyl sites for hydroxylation is 1. The van der Waals surface area contributed by atoms with E-state index in [1.54, 1.807) is 17.3 Å². The molecule has 8 heteroatoms. The summed E-state index contributed by atoms with van der Waals surface area (Å²) in [5.41, 5.74) is 0. The zero-order valence-corrected chi connectivity index (χ0v) is 13.6. The fourth-order valence-corrected chi connectivity index (χ4v) is 3.37. The minimum atomic E-state index is -3.10. The molecule has 118 valence electrons. The number of aromatic nitrogens is 2. The number of ether oxygens (including phenoxy) is 1. The Balaban J connectivity index is 2.08. The molecule has 0 radical (unpaired) electrons. The average Bonchev–Trinajstić information content (AvgIpc) is 2.47. The third kappa shape index (κ3) is 3.82. The van der Waals surface area contributed by atoms with Gasteiger partial charge in [-0.25, -0.2) is 13.4 Å². The van der Waals surface area contributed by atoms with Gasteiger partial charge in [-0.15, -0.1) is 0 Å². The van der Waals surface area contributed by atoms with Gasteiger partial charge in [0.2, 0.25) is 15.9 Å². The first-order chi connectivity index (χ1) is 9.96. The number of nitrogens with zero attached hydrogens (tertiary/aromatic N) is 4. The van der Waals surface area contributed by atoms with Crippen molar-refractivity contribution < 1.29 is 13.2 Å². The zero-order chi connectivity index (χ0) is 15.5. The normalized spacial score (nSPS) is 17.0. The van der Waals surface area contributed by atoms with Crippen LogP contribution in [-0.4, -0.2) is 61.2 Å². The molecule has 0 aromatic carbocycles. The Morgan fingerprint density at radius 1 is 1.19 bits per heavy atom. The molecule has 7 nitrogen and oxygen atoms in total. The minimum Gasteiger partial charge on any atom is -0.478 e. The van der Waals surface area contributed by atoms with Gasteiger partial charge in [-0.05, 0) is 20.8 Å². The van der Waals surface area contributed by atoms with E-state index in [1.807, 2.05) is 13.8 Å².